The van der Waals surface area contributed by atoms with Crippen LogP contribution in [0, 0.1) is 5.82 Å². The van der Waals surface area contributed by atoms with E-state index in [9.17, 15) is 4.39 Å². The summed E-state index contributed by atoms with van der Waals surface area (Å²) in [6, 6.07) is 12.5. The first-order chi connectivity index (χ1) is 17.1. The van der Waals surface area contributed by atoms with E-state index in [1.165, 1.54) is 0 Å². The molecule has 0 radical (unpaired) electrons. The largest absolute Gasteiger partial charge is 0.378 e. The van der Waals surface area contributed by atoms with Crippen LogP contribution in [0.1, 0.15) is 19.0 Å². The van der Waals surface area contributed by atoms with E-state index in [0.29, 0.717) is 38.0 Å². The summed E-state index contributed by atoms with van der Waals surface area (Å²) in [6.07, 6.45) is 5.58. The zero-order chi connectivity index (χ0) is 24.0. The number of ether oxygens (including phenoxy) is 1. The summed E-state index contributed by atoms with van der Waals surface area (Å²) in [7, 11) is 0. The van der Waals surface area contributed by atoms with Crippen molar-refractivity contribution >= 4 is 35.0 Å². The second-order valence-corrected chi connectivity index (χ2v) is 8.45. The Balaban J connectivity index is 1.18. The monoisotopic (exact) mass is 477 g/mol. The SMILES string of the molecule is CC1CCN(c2cccc(Nc3ccc(/C=N/Nc4ncc(F)c(N5CCOCC5)n4)nc3)c2)N1. The van der Waals surface area contributed by atoms with Gasteiger partial charge < -0.3 is 20.0 Å². The Morgan fingerprint density at radius 2 is 2.00 bits per heavy atom. The third-order valence-electron chi connectivity index (χ3n) is 5.79. The number of hydrazone groups is 1. The molecule has 1 unspecified atom stereocenters. The van der Waals surface area contributed by atoms with Gasteiger partial charge in [0, 0.05) is 31.4 Å². The summed E-state index contributed by atoms with van der Waals surface area (Å²) in [6.45, 7) is 5.43. The van der Waals surface area contributed by atoms with Gasteiger partial charge in [-0.2, -0.15) is 10.1 Å². The molecule has 182 valence electrons. The second-order valence-electron chi connectivity index (χ2n) is 8.45. The maximum Gasteiger partial charge on any atom is 0.245 e. The Morgan fingerprint density at radius 1 is 1.11 bits per heavy atom. The van der Waals surface area contributed by atoms with E-state index in [2.05, 4.69) is 60.3 Å². The van der Waals surface area contributed by atoms with Crippen LogP contribution in [0.4, 0.5) is 33.2 Å². The van der Waals surface area contributed by atoms with Gasteiger partial charge in [0.2, 0.25) is 5.95 Å². The number of aromatic nitrogens is 3. The third-order valence-corrected chi connectivity index (χ3v) is 5.79. The molecule has 4 heterocycles. The molecule has 1 aromatic carbocycles. The quantitative estimate of drug-likeness (QED) is 0.350. The lowest BCUT2D eigenvalue weighted by Gasteiger charge is -2.27. The molecule has 3 N–H and O–H groups in total. The highest BCUT2D eigenvalue weighted by Gasteiger charge is 2.19. The van der Waals surface area contributed by atoms with Crippen LogP contribution in [-0.4, -0.2) is 60.1 Å². The van der Waals surface area contributed by atoms with Crippen molar-refractivity contribution in [2.24, 2.45) is 5.10 Å². The molecule has 2 saturated heterocycles. The molecule has 2 aliphatic heterocycles. The number of morpholine rings is 1. The highest BCUT2D eigenvalue weighted by molar-refractivity contribution is 5.78. The molecule has 2 aliphatic rings. The van der Waals surface area contributed by atoms with E-state index in [0.717, 1.165) is 36.2 Å². The van der Waals surface area contributed by atoms with Gasteiger partial charge in [0.05, 0.1) is 48.9 Å². The number of pyridine rings is 1. The Labute approximate surface area is 203 Å². The Bertz CT molecular complexity index is 1170. The first kappa shape index (κ1) is 22.9. The summed E-state index contributed by atoms with van der Waals surface area (Å²) < 4.78 is 19.5. The van der Waals surface area contributed by atoms with Gasteiger partial charge in [-0.05, 0) is 43.7 Å². The summed E-state index contributed by atoms with van der Waals surface area (Å²) in [5, 5.41) is 9.70. The smallest absolute Gasteiger partial charge is 0.245 e. The van der Waals surface area contributed by atoms with Crippen LogP contribution in [0.2, 0.25) is 0 Å². The van der Waals surface area contributed by atoms with Gasteiger partial charge in [0.1, 0.15) is 0 Å². The minimum absolute atomic E-state index is 0.212. The van der Waals surface area contributed by atoms with E-state index < -0.39 is 5.82 Å². The van der Waals surface area contributed by atoms with E-state index >= 15 is 0 Å². The fraction of sp³-hybridized carbons (Fsp3) is 0.333. The summed E-state index contributed by atoms with van der Waals surface area (Å²) >= 11 is 0. The lowest BCUT2D eigenvalue weighted by Crippen LogP contribution is -2.37. The predicted octanol–water partition coefficient (Wildman–Crippen LogP) is 3.14. The van der Waals surface area contributed by atoms with Crippen LogP contribution < -0.4 is 26.1 Å². The average Bonchev–Trinajstić information content (AvgIpc) is 3.33. The molecule has 0 aliphatic carbocycles. The molecule has 5 rings (SSSR count). The van der Waals surface area contributed by atoms with Gasteiger partial charge in [-0.1, -0.05) is 6.07 Å². The van der Waals surface area contributed by atoms with Crippen molar-refractivity contribution in [2.75, 3.05) is 53.5 Å². The minimum atomic E-state index is -0.469. The van der Waals surface area contributed by atoms with Crippen LogP contribution in [0.25, 0.3) is 0 Å². The van der Waals surface area contributed by atoms with Crippen molar-refractivity contribution in [3.63, 3.8) is 0 Å². The molecule has 2 fully saturated rings. The summed E-state index contributed by atoms with van der Waals surface area (Å²) in [4.78, 5) is 14.5. The molecular weight excluding hydrogens is 449 g/mol. The van der Waals surface area contributed by atoms with Crippen LogP contribution in [-0.2, 0) is 4.74 Å². The predicted molar refractivity (Wildman–Crippen MR) is 135 cm³/mol. The van der Waals surface area contributed by atoms with Crippen molar-refractivity contribution < 1.29 is 9.13 Å². The highest BCUT2D eigenvalue weighted by atomic mass is 19.1. The standard InChI is InChI=1S/C24H28FN9O/c1-17-7-8-34(32-17)21-4-2-3-18(13-21)29-20-6-5-19(26-14-20)15-28-31-24-27-16-22(25)23(30-24)33-9-11-35-12-10-33/h2-6,13-17,29,32H,7-12H2,1H3,(H,27,30,31)/b28-15+. The van der Waals surface area contributed by atoms with Crippen molar-refractivity contribution in [3.8, 4) is 0 Å². The number of anilines is 5. The number of halogens is 1. The fourth-order valence-corrected chi connectivity index (χ4v) is 3.96. The highest BCUT2D eigenvalue weighted by Crippen LogP contribution is 2.24. The number of nitrogens with zero attached hydrogens (tertiary/aromatic N) is 6. The summed E-state index contributed by atoms with van der Waals surface area (Å²) in [5.74, 6) is -0.0131. The topological polar surface area (TPSA) is 103 Å². The number of hydrogen-bond acceptors (Lipinski definition) is 10. The molecular formula is C24H28FN9O. The van der Waals surface area contributed by atoms with Gasteiger partial charge in [-0.3, -0.25) is 4.98 Å². The van der Waals surface area contributed by atoms with Crippen LogP contribution in [0.3, 0.4) is 0 Å². The number of hydrazine groups is 1. The van der Waals surface area contributed by atoms with E-state index in [1.807, 2.05) is 29.2 Å². The molecule has 10 nitrogen and oxygen atoms in total. The van der Waals surface area contributed by atoms with Gasteiger partial charge in [-0.25, -0.2) is 20.2 Å². The second kappa shape index (κ2) is 10.6. The molecule has 0 saturated carbocycles. The van der Waals surface area contributed by atoms with Crippen molar-refractivity contribution in [2.45, 2.75) is 19.4 Å². The Kier molecular flexibility index (Phi) is 6.96. The fourth-order valence-electron chi connectivity index (χ4n) is 3.96. The van der Waals surface area contributed by atoms with Crippen molar-refractivity contribution in [3.05, 3.63) is 60.3 Å². The lowest BCUT2D eigenvalue weighted by atomic mass is 10.2. The van der Waals surface area contributed by atoms with Gasteiger partial charge in [0.15, 0.2) is 11.6 Å². The lowest BCUT2D eigenvalue weighted by molar-refractivity contribution is 0.122. The zero-order valence-corrected chi connectivity index (χ0v) is 19.5. The summed E-state index contributed by atoms with van der Waals surface area (Å²) in [5.41, 5.74) is 9.84. The maximum atomic E-state index is 14.2. The zero-order valence-electron chi connectivity index (χ0n) is 19.5. The van der Waals surface area contributed by atoms with Gasteiger partial charge in [0.25, 0.3) is 0 Å². The van der Waals surface area contributed by atoms with Crippen molar-refractivity contribution in [1.82, 2.24) is 20.4 Å². The van der Waals surface area contributed by atoms with Gasteiger partial charge >= 0.3 is 0 Å². The number of rotatable bonds is 7. The average molecular weight is 478 g/mol. The molecule has 0 amide bonds. The number of hydrogen-bond donors (Lipinski definition) is 3. The van der Waals surface area contributed by atoms with E-state index in [4.69, 9.17) is 4.74 Å². The molecule has 11 heteroatoms. The third kappa shape index (κ3) is 5.81. The normalized spacial score (nSPS) is 18.3. The first-order valence-electron chi connectivity index (χ1n) is 11.7. The molecule has 2 aromatic heterocycles. The van der Waals surface area contributed by atoms with E-state index in [-0.39, 0.29) is 11.8 Å². The van der Waals surface area contributed by atoms with Gasteiger partial charge in [-0.15, -0.1) is 0 Å². The molecule has 0 bridgehead atoms. The minimum Gasteiger partial charge on any atom is -0.378 e. The number of nitrogens with one attached hydrogen (secondary N) is 3. The Morgan fingerprint density at radius 3 is 2.77 bits per heavy atom. The molecule has 1 atom stereocenters. The maximum absolute atomic E-state index is 14.2. The number of benzene rings is 1. The van der Waals surface area contributed by atoms with Crippen LogP contribution >= 0.6 is 0 Å². The van der Waals surface area contributed by atoms with Crippen molar-refractivity contribution in [1.29, 1.82) is 0 Å². The van der Waals surface area contributed by atoms with Crippen LogP contribution in [0.15, 0.2) is 53.9 Å². The molecule has 35 heavy (non-hydrogen) atoms. The Hall–Kier alpha value is -3.83. The molecule has 3 aromatic rings. The van der Waals surface area contributed by atoms with Crippen LogP contribution in [0.5, 0.6) is 0 Å². The molecule has 0 spiro atoms. The van der Waals surface area contributed by atoms with E-state index in [1.54, 1.807) is 12.4 Å². The first-order valence-corrected chi connectivity index (χ1v) is 11.7.